The summed E-state index contributed by atoms with van der Waals surface area (Å²) in [5.74, 6) is -0.884. The van der Waals surface area contributed by atoms with Gasteiger partial charge in [-0.05, 0) is 48.7 Å². The number of piperazine rings is 1. The van der Waals surface area contributed by atoms with Gasteiger partial charge in [-0.3, -0.25) is 4.90 Å². The van der Waals surface area contributed by atoms with Gasteiger partial charge in [-0.15, -0.1) is 15.3 Å². The van der Waals surface area contributed by atoms with Crippen molar-refractivity contribution in [3.05, 3.63) is 65.9 Å². The summed E-state index contributed by atoms with van der Waals surface area (Å²) >= 11 is 0. The molecule has 1 aliphatic carbocycles. The van der Waals surface area contributed by atoms with Crippen LogP contribution in [-0.2, 0) is 6.54 Å². The summed E-state index contributed by atoms with van der Waals surface area (Å²) in [6, 6.07) is 12.9. The van der Waals surface area contributed by atoms with Crippen molar-refractivity contribution in [3.8, 4) is 22.7 Å². The van der Waals surface area contributed by atoms with Crippen molar-refractivity contribution in [1.82, 2.24) is 30.1 Å². The third kappa shape index (κ3) is 4.95. The third-order valence-corrected chi connectivity index (χ3v) is 7.20. The number of hydrogen-bond acceptors (Lipinski definition) is 7. The van der Waals surface area contributed by atoms with Gasteiger partial charge >= 0.3 is 6.43 Å². The van der Waals surface area contributed by atoms with Gasteiger partial charge in [-0.1, -0.05) is 23.8 Å². The van der Waals surface area contributed by atoms with Gasteiger partial charge in [-0.2, -0.15) is 8.78 Å². The quantitative estimate of drug-likeness (QED) is 0.354. The largest absolute Gasteiger partial charge is 0.415 e. The number of hydrogen-bond donors (Lipinski definition) is 0. The Morgan fingerprint density at radius 3 is 2.35 bits per heavy atom. The zero-order valence-electron chi connectivity index (χ0n) is 20.1. The van der Waals surface area contributed by atoms with Gasteiger partial charge < -0.3 is 9.32 Å². The minimum atomic E-state index is -2.80. The second-order valence-corrected chi connectivity index (χ2v) is 9.52. The summed E-state index contributed by atoms with van der Waals surface area (Å²) in [5, 5.41) is 15.5. The average molecular weight is 510 g/mol. The minimum Gasteiger partial charge on any atom is -0.415 e. The van der Waals surface area contributed by atoms with Crippen LogP contribution in [0.25, 0.3) is 22.7 Å². The number of anilines is 1. The standard InChI is InChI=1S/C26H26F3N7O/c27-21-9-8-19(14-23(21)35-12-10-34(11-13-35)20-2-1-3-20)22-16-36(33-30-22)15-17-4-6-18(7-5-17)25-31-32-26(37-25)24(28)29/h4-9,14,16,20,24H,1-3,10-13,15H2. The second kappa shape index (κ2) is 9.97. The van der Waals surface area contributed by atoms with Crippen molar-refractivity contribution >= 4 is 5.69 Å². The molecule has 4 aromatic rings. The number of alkyl halides is 2. The maximum absolute atomic E-state index is 14.7. The van der Waals surface area contributed by atoms with Gasteiger partial charge in [0.05, 0.1) is 18.4 Å². The van der Waals surface area contributed by atoms with Crippen LogP contribution in [0.4, 0.5) is 18.9 Å². The molecule has 0 N–H and O–H groups in total. The van der Waals surface area contributed by atoms with Gasteiger partial charge in [-0.25, -0.2) is 9.07 Å². The van der Waals surface area contributed by atoms with E-state index in [1.54, 1.807) is 22.9 Å². The highest BCUT2D eigenvalue weighted by Crippen LogP contribution is 2.30. The van der Waals surface area contributed by atoms with Crippen LogP contribution in [0.3, 0.4) is 0 Å². The van der Waals surface area contributed by atoms with E-state index in [2.05, 4.69) is 30.3 Å². The molecule has 0 amide bonds. The number of nitrogens with zero attached hydrogens (tertiary/aromatic N) is 7. The summed E-state index contributed by atoms with van der Waals surface area (Å²) in [6.07, 6.45) is 2.90. The molecule has 1 aliphatic heterocycles. The summed E-state index contributed by atoms with van der Waals surface area (Å²) in [6.45, 7) is 4.00. The lowest BCUT2D eigenvalue weighted by molar-refractivity contribution is 0.116. The molecule has 192 valence electrons. The van der Waals surface area contributed by atoms with E-state index in [1.807, 2.05) is 24.4 Å². The van der Waals surface area contributed by atoms with Crippen molar-refractivity contribution in [2.24, 2.45) is 0 Å². The molecular weight excluding hydrogens is 483 g/mol. The van der Waals surface area contributed by atoms with Crippen molar-refractivity contribution < 1.29 is 17.6 Å². The van der Waals surface area contributed by atoms with Gasteiger partial charge in [0.1, 0.15) is 11.5 Å². The van der Waals surface area contributed by atoms with E-state index in [0.29, 0.717) is 29.5 Å². The molecule has 2 aromatic heterocycles. The summed E-state index contributed by atoms with van der Waals surface area (Å²) in [4.78, 5) is 4.65. The van der Waals surface area contributed by atoms with E-state index in [9.17, 15) is 13.2 Å². The zero-order valence-corrected chi connectivity index (χ0v) is 20.1. The summed E-state index contributed by atoms with van der Waals surface area (Å²) < 4.78 is 46.8. The molecule has 8 nitrogen and oxygen atoms in total. The van der Waals surface area contributed by atoms with E-state index >= 15 is 0 Å². The lowest BCUT2D eigenvalue weighted by atomic mass is 9.91. The third-order valence-electron chi connectivity index (χ3n) is 7.20. The SMILES string of the molecule is Fc1ccc(-c2cn(Cc3ccc(-c4nnc(C(F)F)o4)cc3)nn2)cc1N1CCN(C2CCC2)CC1. The molecule has 2 aliphatic rings. The van der Waals surface area contributed by atoms with Crippen LogP contribution in [0, 0.1) is 5.82 Å². The predicted molar refractivity (Wildman–Crippen MR) is 131 cm³/mol. The molecule has 37 heavy (non-hydrogen) atoms. The zero-order chi connectivity index (χ0) is 25.4. The summed E-state index contributed by atoms with van der Waals surface area (Å²) in [7, 11) is 0. The molecular formula is C26H26F3N7O. The molecule has 11 heteroatoms. The van der Waals surface area contributed by atoms with Gasteiger partial charge in [0.2, 0.25) is 5.89 Å². The van der Waals surface area contributed by atoms with Crippen LogP contribution in [-0.4, -0.2) is 62.3 Å². The number of rotatable bonds is 7. The Hall–Kier alpha value is -3.73. The van der Waals surface area contributed by atoms with E-state index in [4.69, 9.17) is 4.42 Å². The first kappa shape index (κ1) is 23.7. The van der Waals surface area contributed by atoms with E-state index < -0.39 is 12.3 Å². The first-order chi connectivity index (χ1) is 18.0. The molecule has 0 radical (unpaired) electrons. The molecule has 6 rings (SSSR count). The predicted octanol–water partition coefficient (Wildman–Crippen LogP) is 4.79. The highest BCUT2D eigenvalue weighted by Gasteiger charge is 2.28. The van der Waals surface area contributed by atoms with Crippen LogP contribution in [0.15, 0.2) is 53.1 Å². The van der Waals surface area contributed by atoms with Crippen molar-refractivity contribution in [2.45, 2.75) is 38.3 Å². The van der Waals surface area contributed by atoms with Crippen LogP contribution in [0.5, 0.6) is 0 Å². The van der Waals surface area contributed by atoms with Crippen molar-refractivity contribution in [2.75, 3.05) is 31.1 Å². The van der Waals surface area contributed by atoms with Crippen molar-refractivity contribution in [1.29, 1.82) is 0 Å². The van der Waals surface area contributed by atoms with E-state index in [-0.39, 0.29) is 11.7 Å². The topological polar surface area (TPSA) is 76.1 Å². The molecule has 2 fully saturated rings. The number of benzene rings is 2. The highest BCUT2D eigenvalue weighted by atomic mass is 19.3. The Labute approximate surface area is 211 Å². The van der Waals surface area contributed by atoms with Gasteiger partial charge in [0.15, 0.2) is 0 Å². The normalized spacial score (nSPS) is 16.9. The fraction of sp³-hybridized carbons (Fsp3) is 0.385. The van der Waals surface area contributed by atoms with Crippen molar-refractivity contribution in [3.63, 3.8) is 0 Å². The lowest BCUT2D eigenvalue weighted by Crippen LogP contribution is -2.52. The van der Waals surface area contributed by atoms with Gasteiger partial charge in [0.25, 0.3) is 5.89 Å². The van der Waals surface area contributed by atoms with Gasteiger partial charge in [0, 0.05) is 43.3 Å². The maximum Gasteiger partial charge on any atom is 0.314 e. The molecule has 1 saturated carbocycles. The first-order valence-corrected chi connectivity index (χ1v) is 12.4. The molecule has 0 atom stereocenters. The van der Waals surface area contributed by atoms with Crippen LogP contribution >= 0.6 is 0 Å². The molecule has 0 spiro atoms. The van der Waals surface area contributed by atoms with Crippen LogP contribution in [0.2, 0.25) is 0 Å². The molecule has 2 aromatic carbocycles. The smallest absolute Gasteiger partial charge is 0.314 e. The average Bonchev–Trinajstić information content (AvgIpc) is 3.55. The molecule has 0 unspecified atom stereocenters. The maximum atomic E-state index is 14.7. The Morgan fingerprint density at radius 2 is 1.68 bits per heavy atom. The highest BCUT2D eigenvalue weighted by molar-refractivity contribution is 5.65. The molecule has 3 heterocycles. The fourth-order valence-corrected chi connectivity index (χ4v) is 4.88. The first-order valence-electron chi connectivity index (χ1n) is 12.4. The molecule has 0 bridgehead atoms. The van der Waals surface area contributed by atoms with E-state index in [1.165, 1.54) is 25.3 Å². The number of halogens is 3. The Balaban J connectivity index is 1.12. The van der Waals surface area contributed by atoms with Crippen LogP contribution < -0.4 is 4.90 Å². The monoisotopic (exact) mass is 509 g/mol. The Bertz CT molecular complexity index is 1360. The lowest BCUT2D eigenvalue weighted by Gasteiger charge is -2.43. The minimum absolute atomic E-state index is 0.0430. The Morgan fingerprint density at radius 1 is 0.919 bits per heavy atom. The Kier molecular flexibility index (Phi) is 6.37. The second-order valence-electron chi connectivity index (χ2n) is 9.52. The van der Waals surface area contributed by atoms with Crippen LogP contribution in [0.1, 0.15) is 37.1 Å². The fourth-order valence-electron chi connectivity index (χ4n) is 4.88. The summed E-state index contributed by atoms with van der Waals surface area (Å²) in [5.41, 5.74) is 3.56. The van der Waals surface area contributed by atoms with E-state index in [0.717, 1.165) is 37.3 Å². The molecule has 1 saturated heterocycles. The number of aromatic nitrogens is 5.